The third-order valence-corrected chi connectivity index (χ3v) is 4.92. The summed E-state index contributed by atoms with van der Waals surface area (Å²) < 4.78 is 13.6. The molecule has 3 rings (SSSR count). The molecular weight excluding hydrogens is 354 g/mol. The molecule has 1 heterocycles. The largest absolute Gasteiger partial charge is 0.493 e. The minimum atomic E-state index is 0.322. The minimum Gasteiger partial charge on any atom is -0.493 e. The molecule has 152 valence electrons. The van der Waals surface area contributed by atoms with Crippen LogP contribution in [0.4, 0.5) is 0 Å². The van der Waals surface area contributed by atoms with Crippen LogP contribution in [-0.2, 0) is 13.1 Å². The highest BCUT2D eigenvalue weighted by molar-refractivity contribution is 5.79. The maximum Gasteiger partial charge on any atom is 0.191 e. The van der Waals surface area contributed by atoms with Crippen molar-refractivity contribution in [3.8, 4) is 11.5 Å². The second-order valence-electron chi connectivity index (χ2n) is 6.98. The molecule has 2 aromatic rings. The van der Waals surface area contributed by atoms with Gasteiger partial charge in [-0.3, -0.25) is 9.67 Å². The molecule has 1 aromatic heterocycles. The fourth-order valence-corrected chi connectivity index (χ4v) is 3.39. The van der Waals surface area contributed by atoms with Crippen LogP contribution in [0.25, 0.3) is 0 Å². The first-order chi connectivity index (χ1) is 13.8. The monoisotopic (exact) mass is 385 g/mol. The molecule has 0 aliphatic heterocycles. The van der Waals surface area contributed by atoms with Crippen molar-refractivity contribution in [3.05, 3.63) is 42.2 Å². The van der Waals surface area contributed by atoms with E-state index >= 15 is 0 Å². The predicted molar refractivity (Wildman–Crippen MR) is 111 cm³/mol. The average molecular weight is 386 g/mol. The van der Waals surface area contributed by atoms with Gasteiger partial charge in [-0.2, -0.15) is 5.10 Å². The Morgan fingerprint density at radius 1 is 1.25 bits per heavy atom. The fourth-order valence-electron chi connectivity index (χ4n) is 3.39. The number of ether oxygens (including phenoxy) is 2. The summed E-state index contributed by atoms with van der Waals surface area (Å²) in [5.74, 6) is 2.40. The van der Waals surface area contributed by atoms with E-state index in [4.69, 9.17) is 9.47 Å². The summed E-state index contributed by atoms with van der Waals surface area (Å²) >= 11 is 0. The van der Waals surface area contributed by atoms with Gasteiger partial charge in [-0.15, -0.1) is 0 Å². The summed E-state index contributed by atoms with van der Waals surface area (Å²) in [5, 5.41) is 10.9. The van der Waals surface area contributed by atoms with E-state index in [0.717, 1.165) is 55.4 Å². The number of guanidine groups is 1. The zero-order valence-electron chi connectivity index (χ0n) is 16.9. The molecule has 0 saturated heterocycles. The molecule has 1 aliphatic rings. The molecule has 0 radical (unpaired) electrons. The Bertz CT molecular complexity index is 739. The standard InChI is InChI=1S/C21H31N5O2/c1-22-21(23-11-5-13-26-14-6-12-25-26)24-16-17-9-10-19(20(15-17)27-2)28-18-7-3-4-8-18/h6,9-10,12,14-15,18H,3-5,7-8,11,13,16H2,1-2H3,(H2,22,23,24). The lowest BCUT2D eigenvalue weighted by Crippen LogP contribution is -2.37. The van der Waals surface area contributed by atoms with Crippen LogP contribution in [0.2, 0.25) is 0 Å². The predicted octanol–water partition coefficient (Wildman–Crippen LogP) is 2.97. The van der Waals surface area contributed by atoms with Gasteiger partial charge in [0, 0.05) is 39.1 Å². The number of methoxy groups -OCH3 is 1. The van der Waals surface area contributed by atoms with Gasteiger partial charge in [-0.25, -0.2) is 0 Å². The first-order valence-electron chi connectivity index (χ1n) is 10.0. The van der Waals surface area contributed by atoms with Gasteiger partial charge < -0.3 is 20.1 Å². The normalized spacial score (nSPS) is 14.9. The third-order valence-electron chi connectivity index (χ3n) is 4.92. The Morgan fingerprint density at radius 3 is 2.82 bits per heavy atom. The van der Waals surface area contributed by atoms with Crippen molar-refractivity contribution in [3.63, 3.8) is 0 Å². The summed E-state index contributed by atoms with van der Waals surface area (Å²) in [6, 6.07) is 8.05. The number of nitrogens with one attached hydrogen (secondary N) is 2. The summed E-state index contributed by atoms with van der Waals surface area (Å²) in [7, 11) is 3.47. The molecule has 1 fully saturated rings. The number of hydrogen-bond donors (Lipinski definition) is 2. The smallest absolute Gasteiger partial charge is 0.191 e. The van der Waals surface area contributed by atoms with Gasteiger partial charge in [-0.1, -0.05) is 6.07 Å². The molecular formula is C21H31N5O2. The van der Waals surface area contributed by atoms with Crippen molar-refractivity contribution >= 4 is 5.96 Å². The maximum atomic E-state index is 6.11. The molecule has 0 atom stereocenters. The molecule has 0 spiro atoms. The lowest BCUT2D eigenvalue weighted by molar-refractivity contribution is 0.200. The summed E-state index contributed by atoms with van der Waals surface area (Å²) in [4.78, 5) is 4.28. The van der Waals surface area contributed by atoms with Crippen LogP contribution in [0.3, 0.4) is 0 Å². The van der Waals surface area contributed by atoms with Crippen LogP contribution < -0.4 is 20.1 Å². The molecule has 1 aliphatic carbocycles. The Hall–Kier alpha value is -2.70. The summed E-state index contributed by atoms with van der Waals surface area (Å²) in [6.45, 7) is 2.38. The lowest BCUT2D eigenvalue weighted by Gasteiger charge is -2.17. The second kappa shape index (κ2) is 10.6. The molecule has 7 nitrogen and oxygen atoms in total. The topological polar surface area (TPSA) is 72.7 Å². The number of rotatable bonds is 9. The van der Waals surface area contributed by atoms with Crippen LogP contribution in [-0.4, -0.2) is 42.5 Å². The Morgan fingerprint density at radius 2 is 2.11 bits per heavy atom. The summed E-state index contributed by atoms with van der Waals surface area (Å²) in [5.41, 5.74) is 1.12. The van der Waals surface area contributed by atoms with Crippen molar-refractivity contribution in [2.45, 2.75) is 51.3 Å². The van der Waals surface area contributed by atoms with Crippen LogP contribution in [0.1, 0.15) is 37.7 Å². The highest BCUT2D eigenvalue weighted by atomic mass is 16.5. The lowest BCUT2D eigenvalue weighted by atomic mass is 10.2. The van der Waals surface area contributed by atoms with Gasteiger partial charge in [-0.05, 0) is 55.9 Å². The van der Waals surface area contributed by atoms with Crippen molar-refractivity contribution in [2.75, 3.05) is 20.7 Å². The molecule has 7 heteroatoms. The molecule has 2 N–H and O–H groups in total. The van der Waals surface area contributed by atoms with E-state index in [-0.39, 0.29) is 0 Å². The van der Waals surface area contributed by atoms with E-state index in [1.807, 2.05) is 29.1 Å². The Labute approximate surface area is 167 Å². The highest BCUT2D eigenvalue weighted by Gasteiger charge is 2.18. The van der Waals surface area contributed by atoms with Crippen molar-refractivity contribution in [1.82, 2.24) is 20.4 Å². The SMILES string of the molecule is CN=C(NCCCn1cccn1)NCc1ccc(OC2CCCC2)c(OC)c1. The number of aryl methyl sites for hydroxylation is 1. The van der Waals surface area contributed by atoms with Gasteiger partial charge in [0.15, 0.2) is 17.5 Å². The Balaban J connectivity index is 1.45. The Kier molecular flexibility index (Phi) is 7.58. The van der Waals surface area contributed by atoms with Crippen LogP contribution in [0.5, 0.6) is 11.5 Å². The quantitative estimate of drug-likeness (QED) is 0.394. The molecule has 28 heavy (non-hydrogen) atoms. The highest BCUT2D eigenvalue weighted by Crippen LogP contribution is 2.32. The second-order valence-corrected chi connectivity index (χ2v) is 6.98. The average Bonchev–Trinajstić information content (AvgIpc) is 3.42. The maximum absolute atomic E-state index is 6.11. The van der Waals surface area contributed by atoms with Gasteiger partial charge in [0.1, 0.15) is 0 Å². The number of aromatic nitrogens is 2. The van der Waals surface area contributed by atoms with E-state index in [1.165, 1.54) is 12.8 Å². The molecule has 0 bridgehead atoms. The minimum absolute atomic E-state index is 0.322. The van der Waals surface area contributed by atoms with Crippen molar-refractivity contribution in [1.29, 1.82) is 0 Å². The van der Waals surface area contributed by atoms with Crippen molar-refractivity contribution in [2.24, 2.45) is 4.99 Å². The van der Waals surface area contributed by atoms with Gasteiger partial charge in [0.25, 0.3) is 0 Å². The molecule has 0 amide bonds. The first kappa shape index (κ1) is 20.0. The van der Waals surface area contributed by atoms with E-state index in [9.17, 15) is 0 Å². The van der Waals surface area contributed by atoms with Crippen LogP contribution >= 0.6 is 0 Å². The van der Waals surface area contributed by atoms with E-state index in [2.05, 4.69) is 26.8 Å². The van der Waals surface area contributed by atoms with Gasteiger partial charge in [0.2, 0.25) is 0 Å². The first-order valence-corrected chi connectivity index (χ1v) is 10.0. The van der Waals surface area contributed by atoms with E-state index in [0.29, 0.717) is 12.6 Å². The van der Waals surface area contributed by atoms with E-state index in [1.54, 1.807) is 20.4 Å². The number of nitrogens with zero attached hydrogens (tertiary/aromatic N) is 3. The fraction of sp³-hybridized carbons (Fsp3) is 0.524. The molecule has 1 saturated carbocycles. The zero-order valence-corrected chi connectivity index (χ0v) is 16.9. The van der Waals surface area contributed by atoms with Crippen LogP contribution in [0.15, 0.2) is 41.7 Å². The van der Waals surface area contributed by atoms with E-state index < -0.39 is 0 Å². The molecule has 1 aromatic carbocycles. The molecule has 0 unspecified atom stereocenters. The van der Waals surface area contributed by atoms with Gasteiger partial charge in [0.05, 0.1) is 13.2 Å². The number of hydrogen-bond acceptors (Lipinski definition) is 4. The third kappa shape index (κ3) is 5.90. The summed E-state index contributed by atoms with van der Waals surface area (Å²) in [6.07, 6.45) is 9.84. The van der Waals surface area contributed by atoms with Crippen molar-refractivity contribution < 1.29 is 9.47 Å². The van der Waals surface area contributed by atoms with Gasteiger partial charge >= 0.3 is 0 Å². The van der Waals surface area contributed by atoms with Crippen LogP contribution in [0, 0.1) is 0 Å². The number of aliphatic imine (C=N–C) groups is 1. The zero-order chi connectivity index (χ0) is 19.6. The number of benzene rings is 1.